The van der Waals surface area contributed by atoms with E-state index in [4.69, 9.17) is 11.6 Å². The molecule has 0 bridgehead atoms. The zero-order valence-electron chi connectivity index (χ0n) is 10.7. The minimum Gasteiger partial charge on any atom is -0.0843 e. The first kappa shape index (κ1) is 13.4. The van der Waals surface area contributed by atoms with Crippen molar-refractivity contribution < 1.29 is 0 Å². The monoisotopic (exact) mass is 342 g/mol. The zero-order chi connectivity index (χ0) is 13.9. The van der Waals surface area contributed by atoms with Crippen LogP contribution in [0.25, 0.3) is 22.9 Å². The highest BCUT2D eigenvalue weighted by molar-refractivity contribution is 9.10. The second-order valence-corrected chi connectivity index (χ2v) is 5.99. The molecular formula is C18H12BrCl. The molecule has 0 amide bonds. The molecule has 20 heavy (non-hydrogen) atoms. The van der Waals surface area contributed by atoms with Crippen molar-refractivity contribution in [1.29, 1.82) is 0 Å². The van der Waals surface area contributed by atoms with E-state index in [1.165, 1.54) is 16.3 Å². The van der Waals surface area contributed by atoms with Gasteiger partial charge in [0.05, 0.1) is 0 Å². The third-order valence-corrected chi connectivity index (χ3v) is 3.91. The van der Waals surface area contributed by atoms with Gasteiger partial charge < -0.3 is 0 Å². The Balaban J connectivity index is 1.90. The summed E-state index contributed by atoms with van der Waals surface area (Å²) in [4.78, 5) is 0. The summed E-state index contributed by atoms with van der Waals surface area (Å²) in [5.74, 6) is 0. The van der Waals surface area contributed by atoms with E-state index < -0.39 is 0 Å². The van der Waals surface area contributed by atoms with Crippen LogP contribution >= 0.6 is 27.5 Å². The molecule has 0 heterocycles. The van der Waals surface area contributed by atoms with E-state index in [1.807, 2.05) is 24.3 Å². The van der Waals surface area contributed by atoms with Crippen molar-refractivity contribution in [3.05, 3.63) is 81.3 Å². The van der Waals surface area contributed by atoms with E-state index in [9.17, 15) is 0 Å². The molecule has 3 rings (SSSR count). The number of hydrogen-bond acceptors (Lipinski definition) is 0. The number of hydrogen-bond donors (Lipinski definition) is 0. The Kier molecular flexibility index (Phi) is 3.90. The molecule has 0 atom stereocenters. The third kappa shape index (κ3) is 3.12. The molecular weight excluding hydrogens is 332 g/mol. The van der Waals surface area contributed by atoms with Crippen molar-refractivity contribution >= 4 is 50.5 Å². The predicted octanol–water partition coefficient (Wildman–Crippen LogP) is 6.43. The molecule has 2 heteroatoms. The quantitative estimate of drug-likeness (QED) is 0.471. The summed E-state index contributed by atoms with van der Waals surface area (Å²) >= 11 is 9.37. The summed E-state index contributed by atoms with van der Waals surface area (Å²) in [5.41, 5.74) is 2.33. The lowest BCUT2D eigenvalue weighted by Crippen LogP contribution is -1.76. The fourth-order valence-electron chi connectivity index (χ4n) is 2.11. The van der Waals surface area contributed by atoms with Gasteiger partial charge in [0, 0.05) is 9.50 Å². The molecule has 0 aliphatic heterocycles. The average Bonchev–Trinajstić information content (AvgIpc) is 2.46. The normalized spacial score (nSPS) is 11.3. The highest BCUT2D eigenvalue weighted by Gasteiger charge is 1.96. The standard InChI is InChI=1S/C18H12BrCl/c19-17-8-7-15-11-14(3-6-16(15)12-17)2-1-13-4-9-18(20)10-5-13/h1-12H/b2-1+. The van der Waals surface area contributed by atoms with Crippen LogP contribution in [0.15, 0.2) is 65.1 Å². The molecule has 0 aliphatic rings. The van der Waals surface area contributed by atoms with Crippen molar-refractivity contribution in [2.45, 2.75) is 0 Å². The van der Waals surface area contributed by atoms with Gasteiger partial charge in [0.15, 0.2) is 0 Å². The molecule has 0 unspecified atom stereocenters. The molecule has 0 fully saturated rings. The van der Waals surface area contributed by atoms with Gasteiger partial charge in [-0.2, -0.15) is 0 Å². The molecule has 0 aliphatic carbocycles. The van der Waals surface area contributed by atoms with E-state index in [1.54, 1.807) is 0 Å². The van der Waals surface area contributed by atoms with E-state index in [-0.39, 0.29) is 0 Å². The smallest absolute Gasteiger partial charge is 0.0406 e. The number of halogens is 2. The molecule has 0 spiro atoms. The van der Waals surface area contributed by atoms with Gasteiger partial charge in [-0.3, -0.25) is 0 Å². The third-order valence-electron chi connectivity index (χ3n) is 3.16. The van der Waals surface area contributed by atoms with Gasteiger partial charge in [-0.25, -0.2) is 0 Å². The van der Waals surface area contributed by atoms with Crippen LogP contribution in [0, 0.1) is 0 Å². The van der Waals surface area contributed by atoms with Crippen LogP contribution < -0.4 is 0 Å². The van der Waals surface area contributed by atoms with Gasteiger partial charge >= 0.3 is 0 Å². The molecule has 0 aromatic heterocycles. The topological polar surface area (TPSA) is 0 Å². The van der Waals surface area contributed by atoms with Crippen LogP contribution in [-0.2, 0) is 0 Å². The number of rotatable bonds is 2. The minimum atomic E-state index is 0.762. The maximum atomic E-state index is 5.88. The largest absolute Gasteiger partial charge is 0.0843 e. The van der Waals surface area contributed by atoms with Crippen molar-refractivity contribution in [2.75, 3.05) is 0 Å². The number of fused-ring (bicyclic) bond motifs is 1. The van der Waals surface area contributed by atoms with Crippen LogP contribution in [0.2, 0.25) is 5.02 Å². The van der Waals surface area contributed by atoms with Gasteiger partial charge in [-0.1, -0.05) is 70.0 Å². The maximum absolute atomic E-state index is 5.88. The summed E-state index contributed by atoms with van der Waals surface area (Å²) in [7, 11) is 0. The van der Waals surface area contributed by atoms with Crippen LogP contribution in [0.5, 0.6) is 0 Å². The SMILES string of the molecule is Clc1ccc(/C=C/c2ccc3cc(Br)ccc3c2)cc1. The van der Waals surface area contributed by atoms with E-state index >= 15 is 0 Å². The lowest BCUT2D eigenvalue weighted by molar-refractivity contribution is 1.65. The average molecular weight is 344 g/mol. The molecule has 0 saturated heterocycles. The Morgan fingerprint density at radius 1 is 0.700 bits per heavy atom. The Hall–Kier alpha value is -1.57. The van der Waals surface area contributed by atoms with Gasteiger partial charge in [-0.15, -0.1) is 0 Å². The lowest BCUT2D eigenvalue weighted by atomic mass is 10.1. The molecule has 0 saturated carbocycles. The first-order chi connectivity index (χ1) is 9.70. The maximum Gasteiger partial charge on any atom is 0.0406 e. The van der Waals surface area contributed by atoms with Gasteiger partial charge in [0.1, 0.15) is 0 Å². The minimum absolute atomic E-state index is 0.762. The second kappa shape index (κ2) is 5.82. The summed E-state index contributed by atoms with van der Waals surface area (Å²) in [5, 5.41) is 3.24. The van der Waals surface area contributed by atoms with Crippen molar-refractivity contribution in [3.63, 3.8) is 0 Å². The van der Waals surface area contributed by atoms with Crippen LogP contribution in [0.4, 0.5) is 0 Å². The molecule has 3 aromatic carbocycles. The fourth-order valence-corrected chi connectivity index (χ4v) is 2.61. The Morgan fingerprint density at radius 2 is 1.30 bits per heavy atom. The predicted molar refractivity (Wildman–Crippen MR) is 92.0 cm³/mol. The fraction of sp³-hybridized carbons (Fsp3) is 0. The van der Waals surface area contributed by atoms with Crippen LogP contribution in [-0.4, -0.2) is 0 Å². The highest BCUT2D eigenvalue weighted by Crippen LogP contribution is 2.22. The zero-order valence-corrected chi connectivity index (χ0v) is 13.0. The summed E-state index contributed by atoms with van der Waals surface area (Å²) in [6.45, 7) is 0. The lowest BCUT2D eigenvalue weighted by Gasteiger charge is -2.01. The second-order valence-electron chi connectivity index (χ2n) is 4.64. The summed E-state index contributed by atoms with van der Waals surface area (Å²) in [6, 6.07) is 20.6. The summed E-state index contributed by atoms with van der Waals surface area (Å²) in [6.07, 6.45) is 4.21. The van der Waals surface area contributed by atoms with Crippen LogP contribution in [0.1, 0.15) is 11.1 Å². The van der Waals surface area contributed by atoms with Gasteiger partial charge in [0.2, 0.25) is 0 Å². The van der Waals surface area contributed by atoms with Crippen molar-refractivity contribution in [2.24, 2.45) is 0 Å². The van der Waals surface area contributed by atoms with Crippen LogP contribution in [0.3, 0.4) is 0 Å². The van der Waals surface area contributed by atoms with E-state index in [0.29, 0.717) is 0 Å². The van der Waals surface area contributed by atoms with E-state index in [0.717, 1.165) is 15.1 Å². The molecule has 0 nitrogen and oxygen atoms in total. The first-order valence-corrected chi connectivity index (χ1v) is 7.51. The van der Waals surface area contributed by atoms with E-state index in [2.05, 4.69) is 64.5 Å². The first-order valence-electron chi connectivity index (χ1n) is 6.34. The van der Waals surface area contributed by atoms with Crippen molar-refractivity contribution in [1.82, 2.24) is 0 Å². The molecule has 98 valence electrons. The summed E-state index contributed by atoms with van der Waals surface area (Å²) < 4.78 is 1.11. The number of benzene rings is 3. The Morgan fingerprint density at radius 3 is 2.10 bits per heavy atom. The molecule has 0 N–H and O–H groups in total. The molecule has 0 radical (unpaired) electrons. The Bertz CT molecular complexity index is 773. The van der Waals surface area contributed by atoms with Gasteiger partial charge in [-0.05, 0) is 52.2 Å². The Labute approximate surface area is 131 Å². The highest BCUT2D eigenvalue weighted by atomic mass is 79.9. The molecule has 3 aromatic rings. The van der Waals surface area contributed by atoms with Crippen molar-refractivity contribution in [3.8, 4) is 0 Å². The van der Waals surface area contributed by atoms with Gasteiger partial charge in [0.25, 0.3) is 0 Å².